The molecule has 7 heteroatoms. The van der Waals surface area contributed by atoms with Gasteiger partial charge < -0.3 is 10.2 Å². The van der Waals surface area contributed by atoms with Crippen LogP contribution in [0, 0.1) is 18.3 Å². The molecule has 1 amide bonds. The summed E-state index contributed by atoms with van der Waals surface area (Å²) in [6.07, 6.45) is 5.49. The predicted octanol–water partition coefficient (Wildman–Crippen LogP) is 4.61. The van der Waals surface area contributed by atoms with Crippen molar-refractivity contribution in [1.29, 1.82) is 5.26 Å². The quantitative estimate of drug-likeness (QED) is 0.702. The van der Waals surface area contributed by atoms with Crippen molar-refractivity contribution < 1.29 is 4.79 Å². The molecule has 0 bridgehead atoms. The van der Waals surface area contributed by atoms with Crippen LogP contribution in [0.4, 0.5) is 10.7 Å². The molecule has 4 rings (SSSR count). The molecule has 1 aromatic heterocycles. The van der Waals surface area contributed by atoms with Gasteiger partial charge in [-0.2, -0.15) is 5.26 Å². The number of carbonyl (C=O) groups is 1. The maximum Gasteiger partial charge on any atom is 0.239 e. The molecule has 2 aromatic rings. The number of rotatable bonds is 4. The molecule has 1 aromatic carbocycles. The van der Waals surface area contributed by atoms with Crippen molar-refractivity contribution in [2.45, 2.75) is 39.0 Å². The van der Waals surface area contributed by atoms with E-state index in [0.717, 1.165) is 55.5 Å². The lowest BCUT2D eigenvalue weighted by Crippen LogP contribution is -2.48. The molecule has 158 valence electrons. The number of hydrogen-bond donors (Lipinski definition) is 1. The molecule has 1 fully saturated rings. The molecular formula is C23H27ClN4OS. The lowest BCUT2D eigenvalue weighted by Gasteiger charge is -2.36. The van der Waals surface area contributed by atoms with Gasteiger partial charge in [-0.15, -0.1) is 11.3 Å². The second-order valence-electron chi connectivity index (χ2n) is 8.12. The summed E-state index contributed by atoms with van der Waals surface area (Å²) in [5, 5.41) is 14.2. The predicted molar refractivity (Wildman–Crippen MR) is 124 cm³/mol. The number of nitriles is 1. The lowest BCUT2D eigenvalue weighted by atomic mass is 10.1. The highest BCUT2D eigenvalue weighted by molar-refractivity contribution is 7.16. The summed E-state index contributed by atoms with van der Waals surface area (Å²) in [6, 6.07) is 8.32. The third kappa shape index (κ3) is 4.64. The van der Waals surface area contributed by atoms with Crippen molar-refractivity contribution in [3.05, 3.63) is 44.8 Å². The fraction of sp³-hybridized carbons (Fsp3) is 0.478. The SMILES string of the molecule is Cc1ccc(Cl)cc1N1CCN(CC(=O)Nc2sc3c(c2C#N)CCCCC3)CC1. The molecule has 0 spiro atoms. The Hall–Kier alpha value is -2.07. The van der Waals surface area contributed by atoms with Crippen LogP contribution in [-0.4, -0.2) is 43.5 Å². The van der Waals surface area contributed by atoms with Crippen LogP contribution < -0.4 is 10.2 Å². The molecule has 2 aliphatic rings. The number of nitrogens with zero attached hydrogens (tertiary/aromatic N) is 3. The van der Waals surface area contributed by atoms with E-state index in [1.54, 1.807) is 11.3 Å². The Morgan fingerprint density at radius 3 is 2.73 bits per heavy atom. The Morgan fingerprint density at radius 1 is 1.20 bits per heavy atom. The van der Waals surface area contributed by atoms with Gasteiger partial charge in [-0.1, -0.05) is 24.1 Å². The summed E-state index contributed by atoms with van der Waals surface area (Å²) in [5.41, 5.74) is 4.24. The normalized spacial score (nSPS) is 17.2. The summed E-state index contributed by atoms with van der Waals surface area (Å²) < 4.78 is 0. The molecule has 1 aliphatic heterocycles. The number of hydrogen-bond acceptors (Lipinski definition) is 5. The first kappa shape index (κ1) is 21.2. The lowest BCUT2D eigenvalue weighted by molar-refractivity contribution is -0.117. The van der Waals surface area contributed by atoms with Gasteiger partial charge >= 0.3 is 0 Å². The number of amides is 1. The minimum absolute atomic E-state index is 0.0321. The zero-order valence-corrected chi connectivity index (χ0v) is 18.9. The zero-order valence-electron chi connectivity index (χ0n) is 17.3. The van der Waals surface area contributed by atoms with Crippen LogP contribution in [0.15, 0.2) is 18.2 Å². The highest BCUT2D eigenvalue weighted by Gasteiger charge is 2.23. The number of fused-ring (bicyclic) bond motifs is 1. The van der Waals surface area contributed by atoms with Crippen LogP contribution in [0.2, 0.25) is 5.02 Å². The summed E-state index contributed by atoms with van der Waals surface area (Å²) in [6.45, 7) is 5.84. The topological polar surface area (TPSA) is 59.4 Å². The van der Waals surface area contributed by atoms with Crippen molar-refractivity contribution in [2.24, 2.45) is 0 Å². The van der Waals surface area contributed by atoms with E-state index in [-0.39, 0.29) is 5.91 Å². The highest BCUT2D eigenvalue weighted by Crippen LogP contribution is 2.37. The van der Waals surface area contributed by atoms with Crippen molar-refractivity contribution in [3.8, 4) is 6.07 Å². The maximum atomic E-state index is 12.7. The standard InChI is InChI=1S/C23H27ClN4OS/c1-16-7-8-17(24)13-20(16)28-11-9-27(10-12-28)15-22(29)26-23-19(14-25)18-5-3-2-4-6-21(18)30-23/h7-8,13H,2-6,9-12,15H2,1H3,(H,26,29). The smallest absolute Gasteiger partial charge is 0.239 e. The monoisotopic (exact) mass is 442 g/mol. The number of halogens is 1. The van der Waals surface area contributed by atoms with Gasteiger partial charge in [-0.3, -0.25) is 9.69 Å². The average molecular weight is 443 g/mol. The molecule has 30 heavy (non-hydrogen) atoms. The Kier molecular flexibility index (Phi) is 6.62. The van der Waals surface area contributed by atoms with Gasteiger partial charge in [0.1, 0.15) is 11.1 Å². The maximum absolute atomic E-state index is 12.7. The third-order valence-electron chi connectivity index (χ3n) is 6.04. The molecule has 1 N–H and O–H groups in total. The summed E-state index contributed by atoms with van der Waals surface area (Å²) >= 11 is 7.77. The van der Waals surface area contributed by atoms with Gasteiger partial charge in [-0.25, -0.2) is 0 Å². The summed E-state index contributed by atoms with van der Waals surface area (Å²) in [7, 11) is 0. The minimum atomic E-state index is -0.0321. The van der Waals surface area contributed by atoms with E-state index in [9.17, 15) is 10.1 Å². The number of thiophene rings is 1. The van der Waals surface area contributed by atoms with Crippen LogP contribution in [0.1, 0.15) is 40.8 Å². The van der Waals surface area contributed by atoms with Crippen LogP contribution in [-0.2, 0) is 17.6 Å². The zero-order chi connectivity index (χ0) is 21.1. The number of piperazine rings is 1. The summed E-state index contributed by atoms with van der Waals surface area (Å²) in [5.74, 6) is -0.0321. The van der Waals surface area contributed by atoms with Gasteiger partial charge in [0.15, 0.2) is 0 Å². The van der Waals surface area contributed by atoms with E-state index < -0.39 is 0 Å². The second kappa shape index (κ2) is 9.38. The minimum Gasteiger partial charge on any atom is -0.369 e. The van der Waals surface area contributed by atoms with Crippen molar-refractivity contribution in [2.75, 3.05) is 42.9 Å². The number of benzene rings is 1. The Balaban J connectivity index is 1.35. The molecule has 1 saturated heterocycles. The van der Waals surface area contributed by atoms with E-state index in [4.69, 9.17) is 11.6 Å². The molecule has 0 saturated carbocycles. The van der Waals surface area contributed by atoms with Crippen LogP contribution in [0.3, 0.4) is 0 Å². The Morgan fingerprint density at radius 2 is 1.97 bits per heavy atom. The van der Waals surface area contributed by atoms with E-state index in [2.05, 4.69) is 28.1 Å². The molecule has 1 aliphatic carbocycles. The molecule has 5 nitrogen and oxygen atoms in total. The molecule has 2 heterocycles. The van der Waals surface area contributed by atoms with Crippen LogP contribution in [0.25, 0.3) is 0 Å². The largest absolute Gasteiger partial charge is 0.369 e. The van der Waals surface area contributed by atoms with E-state index in [0.29, 0.717) is 12.1 Å². The van der Waals surface area contributed by atoms with Gasteiger partial charge in [0.05, 0.1) is 12.1 Å². The number of nitrogens with one attached hydrogen (secondary N) is 1. The van der Waals surface area contributed by atoms with E-state index >= 15 is 0 Å². The second-order valence-corrected chi connectivity index (χ2v) is 9.66. The fourth-order valence-electron chi connectivity index (χ4n) is 4.39. The van der Waals surface area contributed by atoms with Gasteiger partial charge in [-0.05, 0) is 55.9 Å². The first-order chi connectivity index (χ1) is 14.5. The molecule has 0 radical (unpaired) electrons. The Labute approximate surface area is 187 Å². The van der Waals surface area contributed by atoms with Crippen LogP contribution in [0.5, 0.6) is 0 Å². The van der Waals surface area contributed by atoms with Crippen molar-refractivity contribution in [1.82, 2.24) is 4.90 Å². The third-order valence-corrected chi connectivity index (χ3v) is 7.48. The molecule has 0 atom stereocenters. The number of carbonyl (C=O) groups excluding carboxylic acids is 1. The van der Waals surface area contributed by atoms with Crippen molar-refractivity contribution in [3.63, 3.8) is 0 Å². The summed E-state index contributed by atoms with van der Waals surface area (Å²) in [4.78, 5) is 18.5. The highest BCUT2D eigenvalue weighted by atomic mass is 35.5. The fourth-order valence-corrected chi connectivity index (χ4v) is 5.81. The number of anilines is 2. The first-order valence-electron chi connectivity index (χ1n) is 10.6. The van der Waals surface area contributed by atoms with E-state index in [1.807, 2.05) is 18.2 Å². The first-order valence-corrected chi connectivity index (χ1v) is 11.8. The average Bonchev–Trinajstić information content (AvgIpc) is 2.89. The van der Waals surface area contributed by atoms with Crippen molar-refractivity contribution >= 4 is 39.5 Å². The molecule has 0 unspecified atom stereocenters. The van der Waals surface area contributed by atoms with Gasteiger partial charge in [0.25, 0.3) is 0 Å². The van der Waals surface area contributed by atoms with E-state index in [1.165, 1.54) is 34.5 Å². The number of aryl methyl sites for hydroxylation is 2. The molecular weight excluding hydrogens is 416 g/mol. The van der Waals surface area contributed by atoms with Gasteiger partial charge in [0.2, 0.25) is 5.91 Å². The van der Waals surface area contributed by atoms with Gasteiger partial charge in [0, 0.05) is 41.8 Å². The Bertz CT molecular complexity index is 972. The van der Waals surface area contributed by atoms with Crippen LogP contribution >= 0.6 is 22.9 Å².